The van der Waals surface area contributed by atoms with Gasteiger partial charge in [0.2, 0.25) is 0 Å². The van der Waals surface area contributed by atoms with E-state index < -0.39 is 22.1 Å². The molecule has 0 spiro atoms. The standard InChI is InChI=1S/C21H24F3N3O4S/c1-15-6-7-18(32(29,30)25-17-5-3-4-16(12-17)14-31-2)13-19(15)26-8-10-27(11-9-26)20(28)21(22,23)24/h3-7,12-13,25H,8-11,14H2,1-2H3. The molecule has 1 aliphatic rings. The quantitative estimate of drug-likeness (QED) is 0.700. The number of carbonyl (C=O) groups is 1. The summed E-state index contributed by atoms with van der Waals surface area (Å²) in [4.78, 5) is 14.0. The van der Waals surface area contributed by atoms with Crippen LogP contribution < -0.4 is 9.62 Å². The number of methoxy groups -OCH3 is 1. The molecule has 1 fully saturated rings. The lowest BCUT2D eigenvalue weighted by molar-refractivity contribution is -0.185. The topological polar surface area (TPSA) is 79.0 Å². The van der Waals surface area contributed by atoms with E-state index in [-0.39, 0.29) is 31.1 Å². The largest absolute Gasteiger partial charge is 0.471 e. The molecule has 32 heavy (non-hydrogen) atoms. The SMILES string of the molecule is COCc1cccc(NS(=O)(=O)c2ccc(C)c(N3CCN(C(=O)C(F)(F)F)CC3)c2)c1. The molecule has 0 atom stereocenters. The van der Waals surface area contributed by atoms with Crippen LogP contribution in [0.2, 0.25) is 0 Å². The third kappa shape index (κ3) is 5.52. The van der Waals surface area contributed by atoms with Crippen molar-refractivity contribution in [3.63, 3.8) is 0 Å². The minimum absolute atomic E-state index is 0.0315. The van der Waals surface area contributed by atoms with Gasteiger partial charge in [-0.1, -0.05) is 18.2 Å². The smallest absolute Gasteiger partial charge is 0.380 e. The zero-order valence-electron chi connectivity index (χ0n) is 17.6. The molecule has 1 N–H and O–H groups in total. The molecule has 2 aromatic rings. The van der Waals surface area contributed by atoms with E-state index in [2.05, 4.69) is 4.72 Å². The fraction of sp³-hybridized carbons (Fsp3) is 0.381. The number of alkyl halides is 3. The Morgan fingerprint density at radius 2 is 1.78 bits per heavy atom. The third-order valence-electron chi connectivity index (χ3n) is 5.13. The molecule has 0 aliphatic carbocycles. The highest BCUT2D eigenvalue weighted by Crippen LogP contribution is 2.28. The number of amides is 1. The van der Waals surface area contributed by atoms with Crippen LogP contribution >= 0.6 is 0 Å². The molecule has 11 heteroatoms. The minimum Gasteiger partial charge on any atom is -0.380 e. The lowest BCUT2D eigenvalue weighted by Crippen LogP contribution is -2.52. The first-order chi connectivity index (χ1) is 15.0. The molecule has 3 rings (SSSR count). The molecule has 1 heterocycles. The van der Waals surface area contributed by atoms with E-state index in [0.717, 1.165) is 16.0 Å². The van der Waals surface area contributed by atoms with Gasteiger partial charge in [0.05, 0.1) is 11.5 Å². The zero-order chi connectivity index (χ0) is 23.5. The molecular weight excluding hydrogens is 447 g/mol. The van der Waals surface area contributed by atoms with E-state index in [1.165, 1.54) is 12.1 Å². The fourth-order valence-electron chi connectivity index (χ4n) is 3.53. The highest BCUT2D eigenvalue weighted by molar-refractivity contribution is 7.92. The van der Waals surface area contributed by atoms with Crippen LogP contribution in [0.25, 0.3) is 0 Å². The average Bonchev–Trinajstić information content (AvgIpc) is 2.73. The van der Waals surface area contributed by atoms with E-state index in [9.17, 15) is 26.4 Å². The summed E-state index contributed by atoms with van der Waals surface area (Å²) >= 11 is 0. The van der Waals surface area contributed by atoms with Crippen LogP contribution in [0.1, 0.15) is 11.1 Å². The maximum Gasteiger partial charge on any atom is 0.471 e. The molecule has 2 aromatic carbocycles. The van der Waals surface area contributed by atoms with Crippen LogP contribution in [0.3, 0.4) is 0 Å². The van der Waals surface area contributed by atoms with Crippen LogP contribution in [0.5, 0.6) is 0 Å². The van der Waals surface area contributed by atoms with Crippen molar-refractivity contribution < 1.29 is 31.1 Å². The van der Waals surface area contributed by atoms with Gasteiger partial charge in [0.25, 0.3) is 10.0 Å². The first-order valence-electron chi connectivity index (χ1n) is 9.83. The molecule has 0 unspecified atom stereocenters. The highest BCUT2D eigenvalue weighted by Gasteiger charge is 2.43. The molecule has 1 saturated heterocycles. The van der Waals surface area contributed by atoms with Gasteiger partial charge in [0, 0.05) is 44.7 Å². The number of piperazine rings is 1. The number of carbonyl (C=O) groups excluding carboxylic acids is 1. The lowest BCUT2D eigenvalue weighted by Gasteiger charge is -2.37. The van der Waals surface area contributed by atoms with Crippen LogP contribution in [0.15, 0.2) is 47.4 Å². The van der Waals surface area contributed by atoms with Gasteiger partial charge < -0.3 is 14.5 Å². The van der Waals surface area contributed by atoms with Crippen molar-refractivity contribution in [3.8, 4) is 0 Å². The van der Waals surface area contributed by atoms with Crippen molar-refractivity contribution in [1.82, 2.24) is 4.90 Å². The van der Waals surface area contributed by atoms with Gasteiger partial charge in [-0.25, -0.2) is 8.42 Å². The van der Waals surface area contributed by atoms with Crippen molar-refractivity contribution in [3.05, 3.63) is 53.6 Å². The number of nitrogens with zero attached hydrogens (tertiary/aromatic N) is 2. The number of nitrogens with one attached hydrogen (secondary N) is 1. The molecule has 174 valence electrons. The molecular formula is C21H24F3N3O4S. The summed E-state index contributed by atoms with van der Waals surface area (Å²) in [6, 6.07) is 11.5. The second-order valence-electron chi connectivity index (χ2n) is 7.46. The van der Waals surface area contributed by atoms with Crippen molar-refractivity contribution in [2.75, 3.05) is 42.9 Å². The van der Waals surface area contributed by atoms with Crippen molar-refractivity contribution in [1.29, 1.82) is 0 Å². The molecule has 0 bridgehead atoms. The summed E-state index contributed by atoms with van der Waals surface area (Å²) < 4.78 is 71.5. The fourth-order valence-corrected chi connectivity index (χ4v) is 4.60. The number of sulfonamides is 1. The van der Waals surface area contributed by atoms with Crippen LogP contribution in [0, 0.1) is 6.92 Å². The summed E-state index contributed by atoms with van der Waals surface area (Å²) in [7, 11) is -2.35. The van der Waals surface area contributed by atoms with Crippen molar-refractivity contribution >= 4 is 27.3 Å². The first-order valence-corrected chi connectivity index (χ1v) is 11.3. The summed E-state index contributed by atoms with van der Waals surface area (Å²) in [5, 5.41) is 0. The number of aryl methyl sites for hydroxylation is 1. The summed E-state index contributed by atoms with van der Waals surface area (Å²) in [5.41, 5.74) is 2.58. The van der Waals surface area contributed by atoms with E-state index in [1.807, 2.05) is 6.07 Å². The molecule has 0 aromatic heterocycles. The van der Waals surface area contributed by atoms with E-state index in [4.69, 9.17) is 4.74 Å². The van der Waals surface area contributed by atoms with E-state index in [1.54, 1.807) is 43.2 Å². The first kappa shape index (κ1) is 23.9. The third-order valence-corrected chi connectivity index (χ3v) is 6.51. The number of hydrogen-bond acceptors (Lipinski definition) is 5. The predicted molar refractivity (Wildman–Crippen MR) is 114 cm³/mol. The number of rotatable bonds is 6. The second-order valence-corrected chi connectivity index (χ2v) is 9.15. The van der Waals surface area contributed by atoms with Crippen molar-refractivity contribution in [2.24, 2.45) is 0 Å². The molecule has 0 saturated carbocycles. The normalized spacial score (nSPS) is 15.0. The number of ether oxygens (including phenoxy) is 1. The maximum atomic E-state index is 12.9. The van der Waals surface area contributed by atoms with Gasteiger partial charge in [-0.15, -0.1) is 0 Å². The maximum absolute atomic E-state index is 12.9. The van der Waals surface area contributed by atoms with Crippen LogP contribution in [-0.4, -0.2) is 58.7 Å². The average molecular weight is 472 g/mol. The van der Waals surface area contributed by atoms with Gasteiger partial charge in [0.1, 0.15) is 0 Å². The summed E-state index contributed by atoms with van der Waals surface area (Å²) in [5.74, 6) is -1.86. The summed E-state index contributed by atoms with van der Waals surface area (Å²) in [6.07, 6.45) is -4.90. The van der Waals surface area contributed by atoms with Gasteiger partial charge in [-0.3, -0.25) is 9.52 Å². The Morgan fingerprint density at radius 1 is 1.09 bits per heavy atom. The molecule has 0 radical (unpaired) electrons. The Bertz CT molecular complexity index is 1080. The Hall–Kier alpha value is -2.79. The number of benzene rings is 2. The highest BCUT2D eigenvalue weighted by atomic mass is 32.2. The Labute approximate surface area is 184 Å². The Balaban J connectivity index is 1.77. The molecule has 1 aliphatic heterocycles. The van der Waals surface area contributed by atoms with Crippen LogP contribution in [0.4, 0.5) is 24.5 Å². The number of anilines is 2. The van der Waals surface area contributed by atoms with Gasteiger partial charge >= 0.3 is 12.1 Å². The Kier molecular flexibility index (Phi) is 6.99. The number of halogens is 3. The van der Waals surface area contributed by atoms with E-state index in [0.29, 0.717) is 18.0 Å². The van der Waals surface area contributed by atoms with Gasteiger partial charge in [-0.2, -0.15) is 13.2 Å². The molecule has 1 amide bonds. The monoisotopic (exact) mass is 471 g/mol. The predicted octanol–water partition coefficient (Wildman–Crippen LogP) is 3.15. The Morgan fingerprint density at radius 3 is 2.41 bits per heavy atom. The van der Waals surface area contributed by atoms with Gasteiger partial charge in [-0.05, 0) is 42.3 Å². The molecule has 7 nitrogen and oxygen atoms in total. The lowest BCUT2D eigenvalue weighted by atomic mass is 10.1. The number of hydrogen-bond donors (Lipinski definition) is 1. The van der Waals surface area contributed by atoms with Gasteiger partial charge in [0.15, 0.2) is 0 Å². The van der Waals surface area contributed by atoms with Crippen LogP contribution in [-0.2, 0) is 26.2 Å². The van der Waals surface area contributed by atoms with Crippen molar-refractivity contribution in [2.45, 2.75) is 24.6 Å². The zero-order valence-corrected chi connectivity index (χ0v) is 18.5. The second kappa shape index (κ2) is 9.37. The van der Waals surface area contributed by atoms with E-state index >= 15 is 0 Å². The summed E-state index contributed by atoms with van der Waals surface area (Å²) in [6.45, 7) is 2.27. The minimum atomic E-state index is -4.90.